The smallest absolute Gasteiger partial charge is 0.366 e. The fraction of sp³-hybridized carbons (Fsp3) is 0.138. The van der Waals surface area contributed by atoms with E-state index in [1.54, 1.807) is 48.5 Å². The zero-order valence-electron chi connectivity index (χ0n) is 20.0. The van der Waals surface area contributed by atoms with Crippen LogP contribution in [0.3, 0.4) is 0 Å². The number of rotatable bonds is 12. The van der Waals surface area contributed by atoms with Crippen LogP contribution in [0.2, 0.25) is 0 Å². The second kappa shape index (κ2) is 13.4. The van der Waals surface area contributed by atoms with Gasteiger partial charge in [0.25, 0.3) is 0 Å². The Balaban J connectivity index is 1.45. The van der Waals surface area contributed by atoms with Crippen LogP contribution in [0.25, 0.3) is 11.1 Å². The molecule has 0 amide bonds. The van der Waals surface area contributed by atoms with Gasteiger partial charge < -0.3 is 18.9 Å². The summed E-state index contributed by atoms with van der Waals surface area (Å²) in [6, 6.07) is 20.5. The Labute approximate surface area is 213 Å². The monoisotopic (exact) mass is 504 g/mol. The molecule has 3 aromatic rings. The van der Waals surface area contributed by atoms with Crippen molar-refractivity contribution in [2.75, 3.05) is 13.2 Å². The molecule has 0 bridgehead atoms. The Bertz CT molecular complexity index is 1250. The van der Waals surface area contributed by atoms with E-state index in [2.05, 4.69) is 17.9 Å². The van der Waals surface area contributed by atoms with Crippen LogP contribution in [-0.2, 0) is 14.3 Å². The van der Waals surface area contributed by atoms with Crippen molar-refractivity contribution in [3.05, 3.63) is 103 Å². The fourth-order valence-electron chi connectivity index (χ4n) is 3.08. The summed E-state index contributed by atoms with van der Waals surface area (Å²) in [4.78, 5) is 34.7. The van der Waals surface area contributed by atoms with E-state index >= 15 is 0 Å². The minimum atomic E-state index is -1.12. The first-order valence-electron chi connectivity index (χ1n) is 11.4. The van der Waals surface area contributed by atoms with Gasteiger partial charge in [-0.3, -0.25) is 0 Å². The molecule has 0 saturated carbocycles. The lowest BCUT2D eigenvalue weighted by molar-refractivity contribution is -0.140. The summed E-state index contributed by atoms with van der Waals surface area (Å²) < 4.78 is 33.2. The SMILES string of the molecule is C=CC(=O)Oc1ccc(-c2ccc(OC(=O)c3ccc(OCCCCOC(=O)C(=C)F)cc3)cc2)cc1. The lowest BCUT2D eigenvalue weighted by Gasteiger charge is -2.09. The van der Waals surface area contributed by atoms with E-state index in [1.165, 1.54) is 0 Å². The predicted octanol–water partition coefficient (Wildman–Crippen LogP) is 5.85. The van der Waals surface area contributed by atoms with Crippen molar-refractivity contribution >= 4 is 17.9 Å². The lowest BCUT2D eigenvalue weighted by Crippen LogP contribution is -2.08. The van der Waals surface area contributed by atoms with Crippen molar-refractivity contribution in [3.8, 4) is 28.4 Å². The van der Waals surface area contributed by atoms with E-state index in [1.807, 2.05) is 24.3 Å². The van der Waals surface area contributed by atoms with Crippen molar-refractivity contribution in [2.24, 2.45) is 0 Å². The van der Waals surface area contributed by atoms with Crippen LogP contribution in [0, 0.1) is 0 Å². The summed E-state index contributed by atoms with van der Waals surface area (Å²) in [5.41, 5.74) is 2.16. The number of halogens is 1. The largest absolute Gasteiger partial charge is 0.494 e. The van der Waals surface area contributed by atoms with E-state index in [-0.39, 0.29) is 6.61 Å². The van der Waals surface area contributed by atoms with E-state index in [9.17, 15) is 18.8 Å². The molecular weight excluding hydrogens is 479 g/mol. The van der Waals surface area contributed by atoms with E-state index in [4.69, 9.17) is 14.2 Å². The summed E-state index contributed by atoms with van der Waals surface area (Å²) in [5, 5.41) is 0. The second-order valence-electron chi connectivity index (χ2n) is 7.68. The van der Waals surface area contributed by atoms with Gasteiger partial charge in [0.1, 0.15) is 17.2 Å². The molecule has 0 aromatic heterocycles. The highest BCUT2D eigenvalue weighted by molar-refractivity contribution is 5.91. The molecule has 3 aromatic carbocycles. The number of hydrogen-bond donors (Lipinski definition) is 0. The van der Waals surface area contributed by atoms with Gasteiger partial charge in [-0.05, 0) is 72.5 Å². The molecule has 0 aliphatic rings. The number of esters is 3. The zero-order valence-corrected chi connectivity index (χ0v) is 20.0. The van der Waals surface area contributed by atoms with Gasteiger partial charge in [0.2, 0.25) is 5.83 Å². The molecule has 37 heavy (non-hydrogen) atoms. The van der Waals surface area contributed by atoms with Gasteiger partial charge in [0.15, 0.2) is 0 Å². The lowest BCUT2D eigenvalue weighted by atomic mass is 10.1. The number of unbranched alkanes of at least 4 members (excludes halogenated alkanes) is 1. The molecule has 0 atom stereocenters. The predicted molar refractivity (Wildman–Crippen MR) is 135 cm³/mol. The molecule has 0 fully saturated rings. The fourth-order valence-corrected chi connectivity index (χ4v) is 3.08. The molecule has 0 saturated heterocycles. The summed E-state index contributed by atoms with van der Waals surface area (Å²) >= 11 is 0. The number of carbonyl (C=O) groups is 3. The van der Waals surface area contributed by atoms with Gasteiger partial charge in [-0.2, -0.15) is 4.39 Å². The number of hydrogen-bond acceptors (Lipinski definition) is 7. The topological polar surface area (TPSA) is 88.1 Å². The van der Waals surface area contributed by atoms with Gasteiger partial charge in [-0.15, -0.1) is 0 Å². The maximum Gasteiger partial charge on any atom is 0.366 e. The summed E-state index contributed by atoms with van der Waals surface area (Å²) in [5.74, 6) is -1.84. The number of benzene rings is 3. The van der Waals surface area contributed by atoms with Crippen molar-refractivity contribution in [1.29, 1.82) is 0 Å². The molecular formula is C29H25FO7. The third-order valence-corrected chi connectivity index (χ3v) is 4.99. The molecule has 0 aliphatic carbocycles. The first-order valence-corrected chi connectivity index (χ1v) is 11.4. The molecule has 8 heteroatoms. The molecule has 0 unspecified atom stereocenters. The standard InChI is InChI=1S/C29H25FO7/c1-3-27(31)36-25-14-6-21(7-15-25)22-8-16-26(17-9-22)37-29(33)23-10-12-24(13-11-23)34-18-4-5-19-35-28(32)20(2)30/h3,6-17H,1-2,4-5,18-19H2. The average molecular weight is 505 g/mol. The first kappa shape index (κ1) is 26.9. The molecule has 0 spiro atoms. The highest BCUT2D eigenvalue weighted by atomic mass is 19.1. The van der Waals surface area contributed by atoms with E-state index in [0.29, 0.717) is 42.3 Å². The summed E-state index contributed by atoms with van der Waals surface area (Å²) in [6.45, 7) is 6.68. The van der Waals surface area contributed by atoms with Gasteiger partial charge in [-0.1, -0.05) is 37.4 Å². The average Bonchev–Trinajstić information content (AvgIpc) is 2.91. The van der Waals surface area contributed by atoms with E-state index in [0.717, 1.165) is 17.2 Å². The Morgan fingerprint density at radius 3 is 1.78 bits per heavy atom. The highest BCUT2D eigenvalue weighted by Gasteiger charge is 2.10. The van der Waals surface area contributed by atoms with Crippen LogP contribution in [0.1, 0.15) is 23.2 Å². The van der Waals surface area contributed by atoms with Crippen LogP contribution >= 0.6 is 0 Å². The first-order chi connectivity index (χ1) is 17.9. The van der Waals surface area contributed by atoms with Crippen molar-refractivity contribution in [2.45, 2.75) is 12.8 Å². The van der Waals surface area contributed by atoms with Crippen LogP contribution < -0.4 is 14.2 Å². The van der Waals surface area contributed by atoms with Crippen molar-refractivity contribution in [3.63, 3.8) is 0 Å². The third-order valence-electron chi connectivity index (χ3n) is 4.99. The molecule has 0 N–H and O–H groups in total. The van der Waals surface area contributed by atoms with Crippen molar-refractivity contribution in [1.82, 2.24) is 0 Å². The quantitative estimate of drug-likeness (QED) is 0.132. The minimum absolute atomic E-state index is 0.0798. The molecule has 0 heterocycles. The van der Waals surface area contributed by atoms with Gasteiger partial charge in [0, 0.05) is 6.08 Å². The van der Waals surface area contributed by atoms with E-state index < -0.39 is 23.7 Å². The minimum Gasteiger partial charge on any atom is -0.494 e. The second-order valence-corrected chi connectivity index (χ2v) is 7.68. The Kier molecular flexibility index (Phi) is 9.73. The Morgan fingerprint density at radius 1 is 0.730 bits per heavy atom. The zero-order chi connectivity index (χ0) is 26.6. The van der Waals surface area contributed by atoms with Crippen LogP contribution in [0.5, 0.6) is 17.2 Å². The maximum absolute atomic E-state index is 12.5. The third kappa shape index (κ3) is 8.47. The molecule has 3 rings (SSSR count). The normalized spacial score (nSPS) is 10.2. The summed E-state index contributed by atoms with van der Waals surface area (Å²) in [6.07, 6.45) is 2.20. The highest BCUT2D eigenvalue weighted by Crippen LogP contribution is 2.25. The van der Waals surface area contributed by atoms with Crippen LogP contribution in [0.4, 0.5) is 4.39 Å². The molecule has 0 aliphatic heterocycles. The molecule has 190 valence electrons. The van der Waals surface area contributed by atoms with Gasteiger partial charge >= 0.3 is 17.9 Å². The van der Waals surface area contributed by atoms with Crippen LogP contribution in [0.15, 0.2) is 97.9 Å². The Morgan fingerprint density at radius 2 is 1.24 bits per heavy atom. The maximum atomic E-state index is 12.5. The van der Waals surface area contributed by atoms with Crippen molar-refractivity contribution < 1.29 is 37.7 Å². The summed E-state index contributed by atoms with van der Waals surface area (Å²) in [7, 11) is 0. The van der Waals surface area contributed by atoms with Crippen LogP contribution in [-0.4, -0.2) is 31.1 Å². The molecule has 7 nitrogen and oxygen atoms in total. The number of carbonyl (C=O) groups excluding carboxylic acids is 3. The Hall–Kier alpha value is -4.72. The molecule has 0 radical (unpaired) electrons. The van der Waals surface area contributed by atoms with Gasteiger partial charge in [0.05, 0.1) is 18.8 Å². The van der Waals surface area contributed by atoms with Gasteiger partial charge in [-0.25, -0.2) is 14.4 Å². The number of ether oxygens (including phenoxy) is 4.